The largest absolute Gasteiger partial charge is 0.462 e. The van der Waals surface area contributed by atoms with E-state index >= 15 is 0 Å². The second kappa shape index (κ2) is 9.22. The zero-order chi connectivity index (χ0) is 23.6. The Bertz CT molecular complexity index is 1310. The molecule has 0 saturated heterocycles. The highest BCUT2D eigenvalue weighted by atomic mass is 35.5. The van der Waals surface area contributed by atoms with Crippen LogP contribution < -0.4 is 9.86 Å². The van der Waals surface area contributed by atoms with Gasteiger partial charge in [-0.25, -0.2) is 17.9 Å². The van der Waals surface area contributed by atoms with E-state index < -0.39 is 21.6 Å². The number of halogens is 1. The number of ether oxygens (including phenoxy) is 1. The number of carbonyl (C=O) groups excluding carboxylic acids is 1. The van der Waals surface area contributed by atoms with Gasteiger partial charge in [0.15, 0.2) is 0 Å². The molecular weight excluding hydrogens is 454 g/mol. The molecular formula is C22H24ClN3O5S. The molecule has 0 saturated carbocycles. The number of rotatable bonds is 7. The first-order valence-electron chi connectivity index (χ1n) is 9.90. The molecule has 0 aliphatic rings. The maximum Gasteiger partial charge on any atom is 0.339 e. The Balaban J connectivity index is 2.08. The highest BCUT2D eigenvalue weighted by Gasteiger charge is 2.29. The van der Waals surface area contributed by atoms with Crippen LogP contribution in [-0.4, -0.2) is 37.4 Å². The van der Waals surface area contributed by atoms with Gasteiger partial charge in [-0.1, -0.05) is 36.7 Å². The topological polar surface area (TPSA) is 90.6 Å². The Labute approximate surface area is 191 Å². The fourth-order valence-electron chi connectivity index (χ4n) is 3.29. The second-order valence-corrected chi connectivity index (χ2v) is 9.54. The molecule has 0 bridgehead atoms. The van der Waals surface area contributed by atoms with E-state index in [4.69, 9.17) is 16.3 Å². The second-order valence-electron chi connectivity index (χ2n) is 7.16. The van der Waals surface area contributed by atoms with Gasteiger partial charge in [0.2, 0.25) is 0 Å². The minimum atomic E-state index is -4.18. The number of nitrogens with zero attached hydrogens (tertiary/aromatic N) is 3. The van der Waals surface area contributed by atoms with Crippen molar-refractivity contribution in [3.05, 3.63) is 75.2 Å². The maximum atomic E-state index is 13.4. The fourth-order valence-corrected chi connectivity index (χ4v) is 4.76. The van der Waals surface area contributed by atoms with Crippen LogP contribution in [0.25, 0.3) is 5.69 Å². The van der Waals surface area contributed by atoms with Gasteiger partial charge < -0.3 is 4.74 Å². The molecule has 3 aromatic rings. The number of esters is 1. The van der Waals surface area contributed by atoms with Crippen molar-refractivity contribution in [1.29, 1.82) is 0 Å². The van der Waals surface area contributed by atoms with Crippen LogP contribution in [0.3, 0.4) is 0 Å². The summed E-state index contributed by atoms with van der Waals surface area (Å²) < 4.78 is 35.7. The molecule has 0 amide bonds. The van der Waals surface area contributed by atoms with Crippen LogP contribution in [0.4, 0.5) is 5.69 Å². The van der Waals surface area contributed by atoms with Crippen LogP contribution in [0.2, 0.25) is 5.02 Å². The zero-order valence-corrected chi connectivity index (χ0v) is 19.8. The van der Waals surface area contributed by atoms with Crippen molar-refractivity contribution in [3.63, 3.8) is 0 Å². The molecule has 0 unspecified atom stereocenters. The fraction of sp³-hybridized carbons (Fsp3) is 0.273. The smallest absolute Gasteiger partial charge is 0.339 e. The molecule has 32 heavy (non-hydrogen) atoms. The molecule has 2 aromatic carbocycles. The molecule has 3 rings (SSSR count). The summed E-state index contributed by atoms with van der Waals surface area (Å²) in [7, 11) is -1.19. The average Bonchev–Trinajstić information content (AvgIpc) is 3.00. The Hall–Kier alpha value is -3.04. The predicted octanol–water partition coefficient (Wildman–Crippen LogP) is 3.53. The Morgan fingerprint density at radius 2 is 1.81 bits per heavy atom. The highest BCUT2D eigenvalue weighted by molar-refractivity contribution is 7.92. The number of benzene rings is 2. The van der Waals surface area contributed by atoms with Gasteiger partial charge in [0.05, 0.1) is 33.5 Å². The number of para-hydroxylation sites is 1. The van der Waals surface area contributed by atoms with Crippen molar-refractivity contribution in [2.24, 2.45) is 7.05 Å². The van der Waals surface area contributed by atoms with Gasteiger partial charge >= 0.3 is 5.97 Å². The van der Waals surface area contributed by atoms with Crippen molar-refractivity contribution in [3.8, 4) is 5.69 Å². The summed E-state index contributed by atoms with van der Waals surface area (Å²) >= 11 is 6.09. The summed E-state index contributed by atoms with van der Waals surface area (Å²) in [6.45, 7) is 3.70. The molecule has 10 heteroatoms. The number of sulfonamides is 1. The van der Waals surface area contributed by atoms with Crippen molar-refractivity contribution in [2.75, 3.05) is 18.0 Å². The van der Waals surface area contributed by atoms with Gasteiger partial charge in [-0.15, -0.1) is 0 Å². The van der Waals surface area contributed by atoms with E-state index in [1.54, 1.807) is 42.9 Å². The summed E-state index contributed by atoms with van der Waals surface area (Å²) in [5.74, 6) is -0.709. The molecule has 0 N–H and O–H groups in total. The molecule has 0 radical (unpaired) electrons. The van der Waals surface area contributed by atoms with Gasteiger partial charge in [0.25, 0.3) is 15.6 Å². The lowest BCUT2D eigenvalue weighted by atomic mass is 10.2. The van der Waals surface area contributed by atoms with Gasteiger partial charge in [-0.3, -0.25) is 13.8 Å². The third-order valence-electron chi connectivity index (χ3n) is 5.09. The van der Waals surface area contributed by atoms with E-state index in [-0.39, 0.29) is 27.8 Å². The predicted molar refractivity (Wildman–Crippen MR) is 123 cm³/mol. The number of hydrogen-bond donors (Lipinski definition) is 0. The van der Waals surface area contributed by atoms with Gasteiger partial charge in [0.1, 0.15) is 5.69 Å². The Morgan fingerprint density at radius 3 is 2.44 bits per heavy atom. The zero-order valence-electron chi connectivity index (χ0n) is 18.2. The Kier molecular flexibility index (Phi) is 6.80. The van der Waals surface area contributed by atoms with Crippen molar-refractivity contribution < 1.29 is 17.9 Å². The normalized spacial score (nSPS) is 11.4. The summed E-state index contributed by atoms with van der Waals surface area (Å²) in [6.07, 6.45) is 0.616. The van der Waals surface area contributed by atoms with E-state index in [1.807, 2.05) is 13.0 Å². The van der Waals surface area contributed by atoms with E-state index in [0.717, 1.165) is 4.31 Å². The Morgan fingerprint density at radius 1 is 1.16 bits per heavy atom. The SMILES string of the molecule is CCCOC(=O)c1cc(S(=O)(=O)N(C)c2c(C)n(C)n(-c3ccccc3)c2=O)ccc1Cl. The monoisotopic (exact) mass is 477 g/mol. The minimum Gasteiger partial charge on any atom is -0.462 e. The maximum absolute atomic E-state index is 13.4. The number of anilines is 1. The lowest BCUT2D eigenvalue weighted by Gasteiger charge is -2.18. The van der Waals surface area contributed by atoms with Crippen LogP contribution in [-0.2, 0) is 21.8 Å². The third-order valence-corrected chi connectivity index (χ3v) is 7.18. The van der Waals surface area contributed by atoms with Crippen LogP contribution >= 0.6 is 11.6 Å². The summed E-state index contributed by atoms with van der Waals surface area (Å²) in [5, 5.41) is 0.0787. The van der Waals surface area contributed by atoms with Gasteiger partial charge in [-0.05, 0) is 43.7 Å². The summed E-state index contributed by atoms with van der Waals surface area (Å²) in [6, 6.07) is 12.7. The van der Waals surface area contributed by atoms with Crippen molar-refractivity contribution in [2.45, 2.75) is 25.2 Å². The molecule has 0 fully saturated rings. The lowest BCUT2D eigenvalue weighted by Crippen LogP contribution is -2.32. The van der Waals surface area contributed by atoms with Gasteiger partial charge in [0, 0.05) is 14.1 Å². The number of aromatic nitrogens is 2. The molecule has 1 heterocycles. The first-order valence-corrected chi connectivity index (χ1v) is 11.7. The van der Waals surface area contributed by atoms with E-state index in [1.165, 1.54) is 29.9 Å². The first kappa shape index (κ1) is 23.6. The molecule has 0 aliphatic carbocycles. The van der Waals surface area contributed by atoms with Crippen molar-refractivity contribution >= 4 is 33.3 Å². The molecule has 0 atom stereocenters. The molecule has 170 valence electrons. The van der Waals surface area contributed by atoms with Crippen LogP contribution in [0.5, 0.6) is 0 Å². The minimum absolute atomic E-state index is 0.00131. The average molecular weight is 478 g/mol. The molecule has 8 nitrogen and oxygen atoms in total. The molecule has 0 spiro atoms. The van der Waals surface area contributed by atoms with E-state index in [9.17, 15) is 18.0 Å². The van der Waals surface area contributed by atoms with Crippen molar-refractivity contribution in [1.82, 2.24) is 9.36 Å². The number of carbonyl (C=O) groups is 1. The highest BCUT2D eigenvalue weighted by Crippen LogP contribution is 2.27. The first-order chi connectivity index (χ1) is 15.1. The lowest BCUT2D eigenvalue weighted by molar-refractivity contribution is 0.0505. The van der Waals surface area contributed by atoms with Gasteiger partial charge in [-0.2, -0.15) is 0 Å². The molecule has 0 aliphatic heterocycles. The van der Waals surface area contributed by atoms with Crippen LogP contribution in [0.15, 0.2) is 58.2 Å². The van der Waals surface area contributed by atoms with E-state index in [0.29, 0.717) is 17.8 Å². The quantitative estimate of drug-likeness (QED) is 0.485. The standard InChI is InChI=1S/C22H24ClN3O5S/c1-5-13-31-22(28)18-14-17(11-12-19(18)23)32(29,30)25(4)20-15(2)24(3)26(21(20)27)16-9-7-6-8-10-16/h6-12,14H,5,13H2,1-4H3. The van der Waals surface area contributed by atoms with E-state index in [2.05, 4.69) is 0 Å². The summed E-state index contributed by atoms with van der Waals surface area (Å²) in [4.78, 5) is 25.3. The van der Waals surface area contributed by atoms with Crippen LogP contribution in [0.1, 0.15) is 29.4 Å². The van der Waals surface area contributed by atoms with Crippen LogP contribution in [0, 0.1) is 6.92 Å². The summed E-state index contributed by atoms with van der Waals surface area (Å²) in [5.41, 5.74) is 0.523. The molecule has 1 aromatic heterocycles. The third kappa shape index (κ3) is 4.18. The number of hydrogen-bond acceptors (Lipinski definition) is 5.